The number of aromatic nitrogens is 2. The van der Waals surface area contributed by atoms with Crippen LogP contribution in [0.4, 0.5) is 0 Å². The maximum absolute atomic E-state index is 10.9. The Morgan fingerprint density at radius 1 is 1.21 bits per heavy atom. The van der Waals surface area contributed by atoms with E-state index in [-0.39, 0.29) is 6.10 Å². The Kier molecular flexibility index (Phi) is 3.90. The number of rotatable bonds is 4. The number of benzene rings is 1. The Morgan fingerprint density at radius 3 is 2.47 bits per heavy atom. The maximum Gasteiger partial charge on any atom is 0.150 e. The zero-order valence-electron chi connectivity index (χ0n) is 11.3. The van der Waals surface area contributed by atoms with Crippen molar-refractivity contribution in [3.63, 3.8) is 0 Å². The molecule has 1 aromatic carbocycles. The lowest BCUT2D eigenvalue weighted by molar-refractivity contribution is 0.112. The molecule has 19 heavy (non-hydrogen) atoms. The zero-order valence-corrected chi connectivity index (χ0v) is 11.3. The molecule has 0 fully saturated rings. The highest BCUT2D eigenvalue weighted by molar-refractivity contribution is 5.80. The van der Waals surface area contributed by atoms with Crippen LogP contribution in [0.25, 0.3) is 11.1 Å². The minimum absolute atomic E-state index is 0.0343. The largest absolute Gasteiger partial charge is 0.490 e. The second-order valence-electron chi connectivity index (χ2n) is 4.56. The van der Waals surface area contributed by atoms with E-state index in [1.807, 2.05) is 26.8 Å². The van der Waals surface area contributed by atoms with Gasteiger partial charge in [0.2, 0.25) is 0 Å². The van der Waals surface area contributed by atoms with E-state index in [0.717, 1.165) is 23.2 Å². The standard InChI is InChI=1S/C15H16N2O2/c1-10(2)19-15-6-12(9-18)4-5-14(15)13-7-16-11(3)17-8-13/h4-10H,1-3H3. The van der Waals surface area contributed by atoms with E-state index >= 15 is 0 Å². The monoisotopic (exact) mass is 256 g/mol. The number of nitrogens with zero attached hydrogens (tertiary/aromatic N) is 2. The van der Waals surface area contributed by atoms with Crippen molar-refractivity contribution in [2.45, 2.75) is 26.9 Å². The fourth-order valence-corrected chi connectivity index (χ4v) is 1.73. The van der Waals surface area contributed by atoms with Crippen molar-refractivity contribution in [3.8, 4) is 16.9 Å². The number of hydrogen-bond acceptors (Lipinski definition) is 4. The van der Waals surface area contributed by atoms with E-state index in [2.05, 4.69) is 9.97 Å². The molecule has 0 radical (unpaired) electrons. The van der Waals surface area contributed by atoms with Crippen LogP contribution in [0, 0.1) is 6.92 Å². The van der Waals surface area contributed by atoms with Gasteiger partial charge in [-0.25, -0.2) is 9.97 Å². The van der Waals surface area contributed by atoms with Crippen LogP contribution in [-0.4, -0.2) is 22.4 Å². The van der Waals surface area contributed by atoms with Crippen molar-refractivity contribution in [2.24, 2.45) is 0 Å². The molecule has 4 nitrogen and oxygen atoms in total. The highest BCUT2D eigenvalue weighted by atomic mass is 16.5. The van der Waals surface area contributed by atoms with Gasteiger partial charge in [-0.2, -0.15) is 0 Å². The number of ether oxygens (including phenoxy) is 1. The highest BCUT2D eigenvalue weighted by Crippen LogP contribution is 2.30. The second kappa shape index (κ2) is 5.61. The Hall–Kier alpha value is -2.23. The molecule has 1 aromatic heterocycles. The summed E-state index contributed by atoms with van der Waals surface area (Å²) < 4.78 is 5.76. The average molecular weight is 256 g/mol. The molecule has 4 heteroatoms. The molecular weight excluding hydrogens is 240 g/mol. The van der Waals surface area contributed by atoms with Gasteiger partial charge >= 0.3 is 0 Å². The molecule has 2 rings (SSSR count). The zero-order chi connectivity index (χ0) is 13.8. The third kappa shape index (κ3) is 3.16. The van der Waals surface area contributed by atoms with Crippen LogP contribution in [0.3, 0.4) is 0 Å². The molecule has 1 heterocycles. The van der Waals surface area contributed by atoms with Crippen molar-refractivity contribution in [3.05, 3.63) is 42.0 Å². The third-order valence-corrected chi connectivity index (χ3v) is 2.60. The number of aldehydes is 1. The van der Waals surface area contributed by atoms with E-state index in [0.29, 0.717) is 11.3 Å². The van der Waals surface area contributed by atoms with E-state index in [1.165, 1.54) is 0 Å². The maximum atomic E-state index is 10.9. The minimum Gasteiger partial charge on any atom is -0.490 e. The van der Waals surface area contributed by atoms with Crippen LogP contribution in [0.15, 0.2) is 30.6 Å². The van der Waals surface area contributed by atoms with Gasteiger partial charge in [-0.05, 0) is 32.9 Å². The van der Waals surface area contributed by atoms with E-state index in [9.17, 15) is 4.79 Å². The van der Waals surface area contributed by atoms with Gasteiger partial charge in [0.05, 0.1) is 6.10 Å². The van der Waals surface area contributed by atoms with Crippen molar-refractivity contribution in [1.29, 1.82) is 0 Å². The topological polar surface area (TPSA) is 52.1 Å². The molecule has 0 aliphatic heterocycles. The first kappa shape index (κ1) is 13.2. The molecule has 0 unspecified atom stereocenters. The van der Waals surface area contributed by atoms with E-state index in [1.54, 1.807) is 24.5 Å². The molecule has 0 bridgehead atoms. The first-order valence-corrected chi connectivity index (χ1v) is 6.15. The molecule has 0 amide bonds. The first-order chi connectivity index (χ1) is 9.10. The molecule has 0 N–H and O–H groups in total. The molecule has 0 saturated carbocycles. The molecule has 0 aliphatic carbocycles. The van der Waals surface area contributed by atoms with Gasteiger partial charge in [-0.1, -0.05) is 6.07 Å². The third-order valence-electron chi connectivity index (χ3n) is 2.60. The van der Waals surface area contributed by atoms with Crippen LogP contribution >= 0.6 is 0 Å². The summed E-state index contributed by atoms with van der Waals surface area (Å²) in [5.41, 5.74) is 2.35. The van der Waals surface area contributed by atoms with E-state index < -0.39 is 0 Å². The summed E-state index contributed by atoms with van der Waals surface area (Å²) in [5, 5.41) is 0. The lowest BCUT2D eigenvalue weighted by Crippen LogP contribution is -2.07. The summed E-state index contributed by atoms with van der Waals surface area (Å²) in [6.45, 7) is 5.73. The van der Waals surface area contributed by atoms with Crippen molar-refractivity contribution in [1.82, 2.24) is 9.97 Å². The molecule has 0 aliphatic rings. The van der Waals surface area contributed by atoms with Gasteiger partial charge in [0.15, 0.2) is 0 Å². The fourth-order valence-electron chi connectivity index (χ4n) is 1.73. The predicted octanol–water partition coefficient (Wildman–Crippen LogP) is 3.05. The van der Waals surface area contributed by atoms with Crippen molar-refractivity contribution in [2.75, 3.05) is 0 Å². The second-order valence-corrected chi connectivity index (χ2v) is 4.56. The SMILES string of the molecule is Cc1ncc(-c2ccc(C=O)cc2OC(C)C)cn1. The first-order valence-electron chi connectivity index (χ1n) is 6.15. The smallest absolute Gasteiger partial charge is 0.150 e. The number of hydrogen-bond donors (Lipinski definition) is 0. The van der Waals surface area contributed by atoms with Gasteiger partial charge in [0.1, 0.15) is 17.9 Å². The Bertz CT molecular complexity index is 577. The van der Waals surface area contributed by atoms with Crippen molar-refractivity contribution >= 4 is 6.29 Å². The number of aryl methyl sites for hydroxylation is 1. The van der Waals surface area contributed by atoms with Crippen LogP contribution < -0.4 is 4.74 Å². The lowest BCUT2D eigenvalue weighted by Gasteiger charge is -2.14. The van der Waals surface area contributed by atoms with E-state index in [4.69, 9.17) is 4.74 Å². The summed E-state index contributed by atoms with van der Waals surface area (Å²) in [4.78, 5) is 19.2. The van der Waals surface area contributed by atoms with Gasteiger partial charge in [0.25, 0.3) is 0 Å². The molecule has 98 valence electrons. The van der Waals surface area contributed by atoms with Crippen LogP contribution in [-0.2, 0) is 0 Å². The van der Waals surface area contributed by atoms with Crippen LogP contribution in [0.1, 0.15) is 30.0 Å². The lowest BCUT2D eigenvalue weighted by atomic mass is 10.1. The molecule has 0 saturated heterocycles. The summed E-state index contributed by atoms with van der Waals surface area (Å²) >= 11 is 0. The van der Waals surface area contributed by atoms with Crippen LogP contribution in [0.5, 0.6) is 5.75 Å². The summed E-state index contributed by atoms with van der Waals surface area (Å²) in [6.07, 6.45) is 4.35. The number of carbonyl (C=O) groups is 1. The normalized spacial score (nSPS) is 10.5. The molecular formula is C15H16N2O2. The Morgan fingerprint density at radius 2 is 1.89 bits per heavy atom. The summed E-state index contributed by atoms with van der Waals surface area (Å²) in [7, 11) is 0. The Labute approximate surface area is 112 Å². The Balaban J connectivity index is 2.48. The summed E-state index contributed by atoms with van der Waals surface area (Å²) in [6, 6.07) is 5.35. The number of carbonyl (C=O) groups excluding carboxylic acids is 1. The molecule has 0 atom stereocenters. The predicted molar refractivity (Wildman–Crippen MR) is 73.4 cm³/mol. The average Bonchev–Trinajstić information content (AvgIpc) is 2.39. The van der Waals surface area contributed by atoms with Crippen molar-refractivity contribution < 1.29 is 9.53 Å². The molecule has 2 aromatic rings. The summed E-state index contributed by atoms with van der Waals surface area (Å²) in [5.74, 6) is 1.40. The van der Waals surface area contributed by atoms with Gasteiger partial charge < -0.3 is 4.74 Å². The van der Waals surface area contributed by atoms with Crippen LogP contribution in [0.2, 0.25) is 0 Å². The quantitative estimate of drug-likeness (QED) is 0.789. The highest BCUT2D eigenvalue weighted by Gasteiger charge is 2.10. The molecule has 0 spiro atoms. The van der Waals surface area contributed by atoms with Gasteiger partial charge in [-0.3, -0.25) is 4.79 Å². The van der Waals surface area contributed by atoms with Gasteiger partial charge in [0, 0.05) is 29.1 Å². The minimum atomic E-state index is 0.0343. The fraction of sp³-hybridized carbons (Fsp3) is 0.267. The van der Waals surface area contributed by atoms with Gasteiger partial charge in [-0.15, -0.1) is 0 Å².